The highest BCUT2D eigenvalue weighted by Gasteiger charge is 2.07. The molecule has 17 heavy (non-hydrogen) atoms. The van der Waals surface area contributed by atoms with Crippen LogP contribution in [-0.2, 0) is 20.0 Å². The summed E-state index contributed by atoms with van der Waals surface area (Å²) in [5, 5.41) is 7.71. The lowest BCUT2D eigenvalue weighted by molar-refractivity contribution is 0.456. The fourth-order valence-corrected chi connectivity index (χ4v) is 1.80. The maximum absolute atomic E-state index is 5.33. The quantitative estimate of drug-likeness (QED) is 0.859. The summed E-state index contributed by atoms with van der Waals surface area (Å²) in [5.74, 6) is 1.02. The van der Waals surface area contributed by atoms with Gasteiger partial charge in [-0.3, -0.25) is 4.68 Å². The van der Waals surface area contributed by atoms with Crippen LogP contribution in [0.2, 0.25) is 0 Å². The van der Waals surface area contributed by atoms with Crippen molar-refractivity contribution in [2.24, 2.45) is 7.05 Å². The van der Waals surface area contributed by atoms with Crippen LogP contribution in [0.25, 0.3) is 0 Å². The van der Waals surface area contributed by atoms with Crippen molar-refractivity contribution in [1.29, 1.82) is 0 Å². The first-order chi connectivity index (χ1) is 8.16. The molecule has 1 atom stereocenters. The molecule has 92 valence electrons. The molecule has 0 aliphatic rings. The highest BCUT2D eigenvalue weighted by atomic mass is 16.3. The minimum Gasteiger partial charge on any atom is -0.469 e. The van der Waals surface area contributed by atoms with Gasteiger partial charge in [0.2, 0.25) is 0 Å². The summed E-state index contributed by atoms with van der Waals surface area (Å²) >= 11 is 0. The average molecular weight is 233 g/mol. The second-order valence-corrected chi connectivity index (χ2v) is 4.44. The van der Waals surface area contributed by atoms with Crippen LogP contribution in [0, 0.1) is 6.92 Å². The fraction of sp³-hybridized carbons (Fsp3) is 0.462. The van der Waals surface area contributed by atoms with Gasteiger partial charge in [0, 0.05) is 37.3 Å². The van der Waals surface area contributed by atoms with E-state index in [1.807, 2.05) is 30.1 Å². The van der Waals surface area contributed by atoms with E-state index in [1.54, 1.807) is 6.26 Å². The van der Waals surface area contributed by atoms with Crippen LogP contribution in [-0.4, -0.2) is 15.8 Å². The normalized spacial score (nSPS) is 12.9. The topological polar surface area (TPSA) is 43.0 Å². The van der Waals surface area contributed by atoms with Gasteiger partial charge in [-0.25, -0.2) is 0 Å². The Morgan fingerprint density at radius 1 is 1.53 bits per heavy atom. The van der Waals surface area contributed by atoms with Crippen molar-refractivity contribution in [3.8, 4) is 0 Å². The minimum atomic E-state index is 0.390. The van der Waals surface area contributed by atoms with E-state index in [4.69, 9.17) is 4.42 Å². The van der Waals surface area contributed by atoms with Crippen molar-refractivity contribution in [3.05, 3.63) is 41.6 Å². The van der Waals surface area contributed by atoms with Gasteiger partial charge in [-0.1, -0.05) is 0 Å². The number of hydrogen-bond donors (Lipinski definition) is 1. The van der Waals surface area contributed by atoms with Gasteiger partial charge in [0.05, 0.1) is 12.5 Å². The molecule has 2 aromatic rings. The summed E-state index contributed by atoms with van der Waals surface area (Å²) in [6, 6.07) is 4.32. The van der Waals surface area contributed by atoms with Crippen LogP contribution in [0.4, 0.5) is 0 Å². The van der Waals surface area contributed by atoms with E-state index in [-0.39, 0.29) is 0 Å². The molecular weight excluding hydrogens is 214 g/mol. The lowest BCUT2D eigenvalue weighted by Gasteiger charge is -2.12. The zero-order valence-electron chi connectivity index (χ0n) is 10.6. The molecule has 0 bridgehead atoms. The van der Waals surface area contributed by atoms with Crippen LogP contribution >= 0.6 is 0 Å². The van der Waals surface area contributed by atoms with Crippen molar-refractivity contribution in [2.75, 3.05) is 0 Å². The van der Waals surface area contributed by atoms with E-state index in [0.29, 0.717) is 6.04 Å². The molecule has 0 aliphatic heterocycles. The van der Waals surface area contributed by atoms with Crippen molar-refractivity contribution >= 4 is 0 Å². The molecule has 1 unspecified atom stereocenters. The average Bonchev–Trinajstić information content (AvgIpc) is 2.90. The van der Waals surface area contributed by atoms with Crippen molar-refractivity contribution in [2.45, 2.75) is 32.9 Å². The first kappa shape index (κ1) is 11.9. The van der Waals surface area contributed by atoms with E-state index in [0.717, 1.165) is 18.7 Å². The number of nitrogens with zero attached hydrogens (tertiary/aromatic N) is 2. The monoisotopic (exact) mass is 233 g/mol. The third-order valence-electron chi connectivity index (χ3n) is 3.07. The van der Waals surface area contributed by atoms with E-state index in [9.17, 15) is 0 Å². The second kappa shape index (κ2) is 5.19. The molecule has 0 saturated carbocycles. The lowest BCUT2D eigenvalue weighted by Crippen LogP contribution is -2.27. The summed E-state index contributed by atoms with van der Waals surface area (Å²) < 4.78 is 7.22. The van der Waals surface area contributed by atoms with Crippen LogP contribution < -0.4 is 5.32 Å². The fourth-order valence-electron chi connectivity index (χ4n) is 1.80. The Bertz CT molecular complexity index is 459. The Labute approximate surface area is 102 Å². The van der Waals surface area contributed by atoms with Gasteiger partial charge in [-0.15, -0.1) is 0 Å². The number of hydrogen-bond acceptors (Lipinski definition) is 3. The molecule has 0 radical (unpaired) electrons. The van der Waals surface area contributed by atoms with Gasteiger partial charge in [-0.05, 0) is 26.0 Å². The van der Waals surface area contributed by atoms with Gasteiger partial charge < -0.3 is 9.73 Å². The molecule has 0 aromatic carbocycles. The third kappa shape index (κ3) is 2.97. The molecule has 4 heteroatoms. The van der Waals surface area contributed by atoms with Crippen LogP contribution in [0.15, 0.2) is 29.0 Å². The first-order valence-corrected chi connectivity index (χ1v) is 5.90. The number of furan rings is 1. The number of nitrogens with one attached hydrogen (secondary N) is 1. The van der Waals surface area contributed by atoms with Gasteiger partial charge in [0.25, 0.3) is 0 Å². The van der Waals surface area contributed by atoms with Crippen molar-refractivity contribution in [3.63, 3.8) is 0 Å². The van der Waals surface area contributed by atoms with E-state index < -0.39 is 0 Å². The molecule has 0 aliphatic carbocycles. The zero-order valence-corrected chi connectivity index (χ0v) is 10.6. The number of aryl methyl sites for hydroxylation is 1. The summed E-state index contributed by atoms with van der Waals surface area (Å²) in [6.45, 7) is 5.09. The molecule has 2 aromatic heterocycles. The molecule has 0 spiro atoms. The maximum Gasteiger partial charge on any atom is 0.105 e. The molecule has 4 nitrogen and oxygen atoms in total. The van der Waals surface area contributed by atoms with E-state index in [2.05, 4.69) is 24.3 Å². The van der Waals surface area contributed by atoms with E-state index in [1.165, 1.54) is 11.3 Å². The SMILES string of the molecule is Cc1c(CNC(C)Cc2ccco2)cnn1C. The maximum atomic E-state index is 5.33. The molecule has 0 saturated heterocycles. The highest BCUT2D eigenvalue weighted by molar-refractivity contribution is 5.15. The standard InChI is InChI=1S/C13H19N3O/c1-10(7-13-5-4-6-17-13)14-8-12-9-15-16(3)11(12)2/h4-6,9-10,14H,7-8H2,1-3H3. The predicted octanol–water partition coefficient (Wildman–Crippen LogP) is 2.04. The highest BCUT2D eigenvalue weighted by Crippen LogP contribution is 2.07. The van der Waals surface area contributed by atoms with Crippen LogP contribution in [0.5, 0.6) is 0 Å². The molecule has 0 fully saturated rings. The first-order valence-electron chi connectivity index (χ1n) is 5.90. The molecule has 2 heterocycles. The Morgan fingerprint density at radius 3 is 2.94 bits per heavy atom. The lowest BCUT2D eigenvalue weighted by atomic mass is 10.2. The molecule has 2 rings (SSSR count). The van der Waals surface area contributed by atoms with E-state index >= 15 is 0 Å². The molecular formula is C13H19N3O. The van der Waals surface area contributed by atoms with Crippen molar-refractivity contribution in [1.82, 2.24) is 15.1 Å². The summed E-state index contributed by atoms with van der Waals surface area (Å²) in [5.41, 5.74) is 2.46. The Kier molecular flexibility index (Phi) is 3.64. The van der Waals surface area contributed by atoms with Gasteiger partial charge in [0.1, 0.15) is 5.76 Å². The third-order valence-corrected chi connectivity index (χ3v) is 3.07. The van der Waals surface area contributed by atoms with Crippen molar-refractivity contribution < 1.29 is 4.42 Å². The largest absolute Gasteiger partial charge is 0.469 e. The van der Waals surface area contributed by atoms with Gasteiger partial charge in [0.15, 0.2) is 0 Å². The molecule has 1 N–H and O–H groups in total. The summed E-state index contributed by atoms with van der Waals surface area (Å²) in [4.78, 5) is 0. The Balaban J connectivity index is 1.84. The van der Waals surface area contributed by atoms with Gasteiger partial charge in [-0.2, -0.15) is 5.10 Å². The van der Waals surface area contributed by atoms with Crippen LogP contribution in [0.1, 0.15) is 23.9 Å². The minimum absolute atomic E-state index is 0.390. The second-order valence-electron chi connectivity index (χ2n) is 4.44. The zero-order chi connectivity index (χ0) is 12.3. The van der Waals surface area contributed by atoms with Gasteiger partial charge >= 0.3 is 0 Å². The van der Waals surface area contributed by atoms with Crippen LogP contribution in [0.3, 0.4) is 0 Å². The summed E-state index contributed by atoms with van der Waals surface area (Å²) in [6.07, 6.45) is 4.54. The summed E-state index contributed by atoms with van der Waals surface area (Å²) in [7, 11) is 1.96. The Morgan fingerprint density at radius 2 is 2.35 bits per heavy atom. The number of rotatable bonds is 5. The predicted molar refractivity (Wildman–Crippen MR) is 66.7 cm³/mol. The smallest absolute Gasteiger partial charge is 0.105 e. The molecule has 0 amide bonds. The Hall–Kier alpha value is -1.55. The number of aromatic nitrogens is 2.